The van der Waals surface area contributed by atoms with Crippen LogP contribution in [0.25, 0.3) is 10.9 Å². The summed E-state index contributed by atoms with van der Waals surface area (Å²) in [7, 11) is 0. The van der Waals surface area contributed by atoms with E-state index in [0.29, 0.717) is 0 Å². The molecule has 0 fully saturated rings. The van der Waals surface area contributed by atoms with Crippen LogP contribution in [-0.2, 0) is 22.1 Å². The lowest BCUT2D eigenvalue weighted by atomic mass is 10.0. The first kappa shape index (κ1) is 16.3. The minimum atomic E-state index is -4.51. The quantitative estimate of drug-likeness (QED) is 0.783. The number of esters is 1. The molecule has 0 unspecified atom stereocenters. The molecule has 0 aliphatic carbocycles. The highest BCUT2D eigenvalue weighted by molar-refractivity contribution is 5.85. The summed E-state index contributed by atoms with van der Waals surface area (Å²) in [5, 5.41) is 0.0166. The second-order valence-corrected chi connectivity index (χ2v) is 5.97. The highest BCUT2D eigenvalue weighted by Crippen LogP contribution is 2.35. The van der Waals surface area contributed by atoms with Crippen LogP contribution in [0.5, 0.6) is 0 Å². The third-order valence-corrected chi connectivity index (χ3v) is 2.85. The largest absolute Gasteiger partial charge is 0.460 e. The van der Waals surface area contributed by atoms with Gasteiger partial charge in [0.05, 0.1) is 17.5 Å². The van der Waals surface area contributed by atoms with E-state index in [1.807, 2.05) is 0 Å². The second-order valence-electron chi connectivity index (χ2n) is 5.97. The van der Waals surface area contributed by atoms with E-state index in [1.54, 1.807) is 20.8 Å². The van der Waals surface area contributed by atoms with Crippen LogP contribution in [-0.4, -0.2) is 16.6 Å². The van der Waals surface area contributed by atoms with Gasteiger partial charge < -0.3 is 4.74 Å². The molecule has 2 rings (SSSR count). The highest BCUT2D eigenvalue weighted by atomic mass is 19.4. The first-order valence-corrected chi connectivity index (χ1v) is 6.73. The normalized spacial score (nSPS) is 12.5. The molecule has 1 aromatic carbocycles. The molecule has 1 aromatic heterocycles. The number of pyridine rings is 1. The van der Waals surface area contributed by atoms with Gasteiger partial charge in [0.15, 0.2) is 0 Å². The molecule has 0 amide bonds. The van der Waals surface area contributed by atoms with Crippen molar-refractivity contribution in [2.24, 2.45) is 0 Å². The van der Waals surface area contributed by atoms with Crippen molar-refractivity contribution in [3.8, 4) is 0 Å². The first-order chi connectivity index (χ1) is 10.1. The molecule has 0 saturated carbocycles. The number of benzene rings is 1. The molecule has 118 valence electrons. The van der Waals surface area contributed by atoms with E-state index in [-0.39, 0.29) is 22.9 Å². The molecule has 6 heteroatoms. The first-order valence-electron chi connectivity index (χ1n) is 6.73. The van der Waals surface area contributed by atoms with Crippen LogP contribution in [0.2, 0.25) is 0 Å². The van der Waals surface area contributed by atoms with Crippen molar-refractivity contribution < 1.29 is 22.7 Å². The zero-order valence-electron chi connectivity index (χ0n) is 12.5. The Morgan fingerprint density at radius 3 is 2.50 bits per heavy atom. The van der Waals surface area contributed by atoms with Crippen LogP contribution in [0.15, 0.2) is 30.5 Å². The van der Waals surface area contributed by atoms with E-state index in [9.17, 15) is 18.0 Å². The van der Waals surface area contributed by atoms with Gasteiger partial charge in [-0.15, -0.1) is 0 Å². The topological polar surface area (TPSA) is 39.2 Å². The van der Waals surface area contributed by atoms with Crippen LogP contribution >= 0.6 is 0 Å². The smallest absolute Gasteiger partial charge is 0.417 e. The summed E-state index contributed by atoms with van der Waals surface area (Å²) in [6, 6.07) is 5.27. The van der Waals surface area contributed by atoms with Gasteiger partial charge in [-0.2, -0.15) is 13.2 Å². The van der Waals surface area contributed by atoms with Crippen molar-refractivity contribution in [2.75, 3.05) is 0 Å². The molecule has 0 spiro atoms. The predicted molar refractivity (Wildman–Crippen MR) is 76.3 cm³/mol. The van der Waals surface area contributed by atoms with Crippen molar-refractivity contribution in [3.05, 3.63) is 41.6 Å². The van der Waals surface area contributed by atoms with E-state index in [1.165, 1.54) is 24.4 Å². The lowest BCUT2D eigenvalue weighted by Gasteiger charge is -2.20. The zero-order valence-corrected chi connectivity index (χ0v) is 12.5. The van der Waals surface area contributed by atoms with E-state index in [4.69, 9.17) is 4.74 Å². The molecule has 3 nitrogen and oxygen atoms in total. The maximum atomic E-state index is 13.2. The van der Waals surface area contributed by atoms with Gasteiger partial charge in [0.1, 0.15) is 5.60 Å². The Bertz CT molecular complexity index is 703. The van der Waals surface area contributed by atoms with Gasteiger partial charge in [0.2, 0.25) is 0 Å². The molecular weight excluding hydrogens is 295 g/mol. The summed E-state index contributed by atoms with van der Waals surface area (Å²) in [6.07, 6.45) is -3.32. The Balaban J connectivity index is 2.42. The Morgan fingerprint density at radius 1 is 1.23 bits per heavy atom. The molecular formula is C16H16F3NO2. The van der Waals surface area contributed by atoms with Crippen LogP contribution < -0.4 is 0 Å². The molecule has 2 aromatic rings. The third-order valence-electron chi connectivity index (χ3n) is 2.85. The molecule has 0 saturated heterocycles. The summed E-state index contributed by atoms with van der Waals surface area (Å²) in [5.74, 6) is -0.573. The van der Waals surface area contributed by atoms with Crippen LogP contribution in [0, 0.1) is 0 Å². The fraction of sp³-hybridized carbons (Fsp3) is 0.375. The van der Waals surface area contributed by atoms with Crippen molar-refractivity contribution in [1.29, 1.82) is 0 Å². The standard InChI is InChI=1S/C16H16F3NO2/c1-15(2,3)22-14(21)9-10-7-12(16(17,18)19)11-5-4-6-20-13(11)8-10/h4-8H,9H2,1-3H3. The summed E-state index contributed by atoms with van der Waals surface area (Å²) in [6.45, 7) is 5.11. The van der Waals surface area contributed by atoms with E-state index < -0.39 is 23.3 Å². The summed E-state index contributed by atoms with van der Waals surface area (Å²) in [5.41, 5.74) is -1.04. The number of fused-ring (bicyclic) bond motifs is 1. The van der Waals surface area contributed by atoms with Gasteiger partial charge >= 0.3 is 12.1 Å². The van der Waals surface area contributed by atoms with Crippen molar-refractivity contribution in [2.45, 2.75) is 39.0 Å². The summed E-state index contributed by atoms with van der Waals surface area (Å²) in [4.78, 5) is 15.7. The number of alkyl halides is 3. The number of ether oxygens (including phenoxy) is 1. The fourth-order valence-corrected chi connectivity index (χ4v) is 2.12. The average molecular weight is 311 g/mol. The highest BCUT2D eigenvalue weighted by Gasteiger charge is 2.33. The average Bonchev–Trinajstić information content (AvgIpc) is 2.34. The maximum absolute atomic E-state index is 13.2. The van der Waals surface area contributed by atoms with Gasteiger partial charge in [-0.25, -0.2) is 0 Å². The van der Waals surface area contributed by atoms with Gasteiger partial charge in [-0.05, 0) is 44.5 Å². The Morgan fingerprint density at radius 2 is 1.91 bits per heavy atom. The van der Waals surface area contributed by atoms with E-state index in [2.05, 4.69) is 4.98 Å². The number of rotatable bonds is 2. The van der Waals surface area contributed by atoms with Crippen molar-refractivity contribution >= 4 is 16.9 Å². The molecule has 0 bridgehead atoms. The molecule has 0 aliphatic heterocycles. The number of carbonyl (C=O) groups is 1. The number of hydrogen-bond acceptors (Lipinski definition) is 3. The number of nitrogens with zero attached hydrogens (tertiary/aromatic N) is 1. The molecule has 0 radical (unpaired) electrons. The van der Waals surface area contributed by atoms with E-state index in [0.717, 1.165) is 6.07 Å². The van der Waals surface area contributed by atoms with E-state index >= 15 is 0 Å². The summed E-state index contributed by atoms with van der Waals surface area (Å²) < 4.78 is 44.6. The Kier molecular flexibility index (Phi) is 4.13. The SMILES string of the molecule is CC(C)(C)OC(=O)Cc1cc(C(F)(F)F)c2cccnc2c1. The number of halogens is 3. The minimum absolute atomic E-state index is 0.0166. The monoisotopic (exact) mass is 311 g/mol. The van der Waals surface area contributed by atoms with Gasteiger partial charge in [0.25, 0.3) is 0 Å². The zero-order chi connectivity index (χ0) is 16.5. The molecule has 0 atom stereocenters. The molecule has 0 aliphatic rings. The van der Waals surface area contributed by atoms with Crippen LogP contribution in [0.4, 0.5) is 13.2 Å². The minimum Gasteiger partial charge on any atom is -0.460 e. The maximum Gasteiger partial charge on any atom is 0.417 e. The lowest BCUT2D eigenvalue weighted by Crippen LogP contribution is -2.25. The summed E-state index contributed by atoms with van der Waals surface area (Å²) >= 11 is 0. The third kappa shape index (κ3) is 3.96. The van der Waals surface area contributed by atoms with Gasteiger partial charge in [-0.1, -0.05) is 6.07 Å². The van der Waals surface area contributed by atoms with Gasteiger partial charge in [-0.3, -0.25) is 9.78 Å². The lowest BCUT2D eigenvalue weighted by molar-refractivity contribution is -0.154. The fourth-order valence-electron chi connectivity index (χ4n) is 2.12. The molecule has 1 heterocycles. The van der Waals surface area contributed by atoms with Crippen molar-refractivity contribution in [3.63, 3.8) is 0 Å². The number of hydrogen-bond donors (Lipinski definition) is 0. The van der Waals surface area contributed by atoms with Crippen LogP contribution in [0.3, 0.4) is 0 Å². The van der Waals surface area contributed by atoms with Gasteiger partial charge in [0, 0.05) is 11.6 Å². The van der Waals surface area contributed by atoms with Crippen molar-refractivity contribution in [1.82, 2.24) is 4.98 Å². The molecule has 0 N–H and O–H groups in total. The Hall–Kier alpha value is -2.11. The second kappa shape index (κ2) is 5.59. The Labute approximate surface area is 126 Å². The van der Waals surface area contributed by atoms with Crippen LogP contribution in [0.1, 0.15) is 31.9 Å². The number of aromatic nitrogens is 1. The molecule has 22 heavy (non-hydrogen) atoms. The number of carbonyl (C=O) groups excluding carboxylic acids is 1. The predicted octanol–water partition coefficient (Wildman–Crippen LogP) is 4.14.